The standard InChI is InChI=1S/C16H21FN4O2S2/c1-3-20(12-8-9-25(22,23)10-12)11-21-16(24)19(2)15(18-21)13-6-4-5-7-14(13)17/h4-7,12H,3,8-11H2,1-2H3/t12-/m1/s1. The Bertz CT molecular complexity index is 936. The first-order chi connectivity index (χ1) is 11.8. The summed E-state index contributed by atoms with van der Waals surface area (Å²) in [6.07, 6.45) is 0.622. The van der Waals surface area contributed by atoms with Gasteiger partial charge in [-0.15, -0.1) is 0 Å². The normalized spacial score (nSPS) is 19.6. The fourth-order valence-electron chi connectivity index (χ4n) is 3.17. The van der Waals surface area contributed by atoms with E-state index >= 15 is 0 Å². The molecule has 136 valence electrons. The summed E-state index contributed by atoms with van der Waals surface area (Å²) >= 11 is 5.44. The van der Waals surface area contributed by atoms with Crippen LogP contribution >= 0.6 is 12.2 Å². The van der Waals surface area contributed by atoms with E-state index in [1.165, 1.54) is 6.07 Å². The lowest BCUT2D eigenvalue weighted by atomic mass is 10.2. The van der Waals surface area contributed by atoms with Gasteiger partial charge in [-0.1, -0.05) is 19.1 Å². The zero-order valence-electron chi connectivity index (χ0n) is 14.2. The average molecular weight is 385 g/mol. The molecule has 0 unspecified atom stereocenters. The third-order valence-corrected chi connectivity index (χ3v) is 6.84. The summed E-state index contributed by atoms with van der Waals surface area (Å²) in [6, 6.07) is 6.40. The maximum Gasteiger partial charge on any atom is 0.199 e. The van der Waals surface area contributed by atoms with Gasteiger partial charge in [-0.3, -0.25) is 4.90 Å². The van der Waals surface area contributed by atoms with Gasteiger partial charge in [0.2, 0.25) is 0 Å². The van der Waals surface area contributed by atoms with E-state index in [1.54, 1.807) is 34.5 Å². The predicted molar refractivity (Wildman–Crippen MR) is 96.9 cm³/mol. The van der Waals surface area contributed by atoms with Crippen LogP contribution in [0.2, 0.25) is 0 Å². The summed E-state index contributed by atoms with van der Waals surface area (Å²) in [5, 5.41) is 4.48. The lowest BCUT2D eigenvalue weighted by Gasteiger charge is -2.25. The maximum atomic E-state index is 14.1. The van der Waals surface area contributed by atoms with Crippen molar-refractivity contribution in [2.24, 2.45) is 7.05 Å². The van der Waals surface area contributed by atoms with E-state index in [9.17, 15) is 12.8 Å². The molecule has 0 saturated carbocycles. The molecule has 2 aromatic rings. The van der Waals surface area contributed by atoms with Crippen molar-refractivity contribution in [3.63, 3.8) is 0 Å². The molecular formula is C16H21FN4O2S2. The molecule has 1 atom stereocenters. The van der Waals surface area contributed by atoms with Crippen molar-refractivity contribution in [3.8, 4) is 11.4 Å². The van der Waals surface area contributed by atoms with Crippen LogP contribution in [0.15, 0.2) is 24.3 Å². The van der Waals surface area contributed by atoms with Gasteiger partial charge < -0.3 is 4.57 Å². The molecule has 0 aliphatic carbocycles. The molecule has 0 N–H and O–H groups in total. The molecule has 2 heterocycles. The van der Waals surface area contributed by atoms with Crippen LogP contribution in [0.25, 0.3) is 11.4 Å². The van der Waals surface area contributed by atoms with Crippen LogP contribution in [0.5, 0.6) is 0 Å². The molecule has 0 radical (unpaired) electrons. The largest absolute Gasteiger partial charge is 0.303 e. The molecule has 0 amide bonds. The fraction of sp³-hybridized carbons (Fsp3) is 0.500. The third kappa shape index (κ3) is 3.68. The van der Waals surface area contributed by atoms with E-state index in [0.29, 0.717) is 35.8 Å². The summed E-state index contributed by atoms with van der Waals surface area (Å²) in [5.74, 6) is 0.494. The van der Waals surface area contributed by atoms with Crippen LogP contribution in [0, 0.1) is 10.6 Å². The number of hydrogen-bond donors (Lipinski definition) is 0. The topological polar surface area (TPSA) is 60.1 Å². The zero-order valence-corrected chi connectivity index (χ0v) is 15.9. The smallest absolute Gasteiger partial charge is 0.199 e. The Morgan fingerprint density at radius 1 is 1.40 bits per heavy atom. The van der Waals surface area contributed by atoms with Crippen LogP contribution in [0.1, 0.15) is 13.3 Å². The minimum absolute atomic E-state index is 0.0317. The molecule has 1 saturated heterocycles. The Morgan fingerprint density at radius 3 is 2.72 bits per heavy atom. The van der Waals surface area contributed by atoms with Crippen LogP contribution in [0.3, 0.4) is 0 Å². The van der Waals surface area contributed by atoms with Crippen molar-refractivity contribution in [2.75, 3.05) is 18.1 Å². The Kier molecular flexibility index (Phi) is 5.08. The second-order valence-corrected chi connectivity index (χ2v) is 8.84. The lowest BCUT2D eigenvalue weighted by molar-refractivity contribution is 0.164. The van der Waals surface area contributed by atoms with Gasteiger partial charge >= 0.3 is 0 Å². The molecule has 1 aliphatic heterocycles. The third-order valence-electron chi connectivity index (χ3n) is 4.60. The highest BCUT2D eigenvalue weighted by Crippen LogP contribution is 2.22. The number of halogens is 1. The van der Waals surface area contributed by atoms with Crippen LogP contribution in [0.4, 0.5) is 4.39 Å². The van der Waals surface area contributed by atoms with Crippen LogP contribution in [-0.2, 0) is 23.6 Å². The monoisotopic (exact) mass is 384 g/mol. The van der Waals surface area contributed by atoms with Crippen LogP contribution in [-0.4, -0.2) is 51.8 Å². The molecule has 1 aromatic carbocycles. The van der Waals surface area contributed by atoms with Gasteiger partial charge in [0, 0.05) is 13.1 Å². The van der Waals surface area contributed by atoms with Crippen molar-refractivity contribution < 1.29 is 12.8 Å². The van der Waals surface area contributed by atoms with Crippen molar-refractivity contribution in [1.29, 1.82) is 0 Å². The molecule has 9 heteroatoms. The van der Waals surface area contributed by atoms with Gasteiger partial charge in [-0.25, -0.2) is 17.5 Å². The quantitative estimate of drug-likeness (QED) is 0.740. The molecule has 1 aliphatic rings. The Labute approximate surface area is 151 Å². The molecular weight excluding hydrogens is 363 g/mol. The molecule has 25 heavy (non-hydrogen) atoms. The molecule has 6 nitrogen and oxygen atoms in total. The Balaban J connectivity index is 1.90. The number of sulfone groups is 1. The Hall–Kier alpha value is -1.58. The first kappa shape index (κ1) is 18.2. The maximum absolute atomic E-state index is 14.1. The summed E-state index contributed by atoms with van der Waals surface area (Å²) < 4.78 is 41.3. The summed E-state index contributed by atoms with van der Waals surface area (Å²) in [7, 11) is -1.20. The predicted octanol–water partition coefficient (Wildman–Crippen LogP) is 2.22. The number of aromatic nitrogens is 3. The summed E-state index contributed by atoms with van der Waals surface area (Å²) in [6.45, 7) is 3.06. The van der Waals surface area contributed by atoms with E-state index in [0.717, 1.165) is 0 Å². The lowest BCUT2D eigenvalue weighted by Crippen LogP contribution is -2.37. The number of nitrogens with zero attached hydrogens (tertiary/aromatic N) is 4. The number of rotatable bonds is 5. The van der Waals surface area contributed by atoms with E-state index in [4.69, 9.17) is 12.2 Å². The van der Waals surface area contributed by atoms with E-state index < -0.39 is 9.84 Å². The fourth-order valence-corrected chi connectivity index (χ4v) is 5.11. The molecule has 0 spiro atoms. The second kappa shape index (κ2) is 6.97. The average Bonchev–Trinajstić information content (AvgIpc) is 3.07. The zero-order chi connectivity index (χ0) is 18.2. The van der Waals surface area contributed by atoms with Crippen molar-refractivity contribution >= 4 is 22.1 Å². The minimum atomic E-state index is -2.96. The number of benzene rings is 1. The molecule has 1 aromatic heterocycles. The van der Waals surface area contributed by atoms with Gasteiger partial charge in [0.15, 0.2) is 20.4 Å². The van der Waals surface area contributed by atoms with E-state index in [1.807, 2.05) is 6.92 Å². The highest BCUT2D eigenvalue weighted by atomic mass is 32.2. The van der Waals surface area contributed by atoms with Gasteiger partial charge in [-0.05, 0) is 37.3 Å². The highest BCUT2D eigenvalue weighted by Gasteiger charge is 2.32. The highest BCUT2D eigenvalue weighted by molar-refractivity contribution is 7.91. The molecule has 0 bridgehead atoms. The second-order valence-electron chi connectivity index (χ2n) is 6.25. The molecule has 3 rings (SSSR count). The summed E-state index contributed by atoms with van der Waals surface area (Å²) in [5.41, 5.74) is 0.390. The first-order valence-corrected chi connectivity index (χ1v) is 10.4. The van der Waals surface area contributed by atoms with Gasteiger partial charge in [0.1, 0.15) is 5.82 Å². The van der Waals surface area contributed by atoms with Gasteiger partial charge in [0.05, 0.1) is 23.7 Å². The van der Waals surface area contributed by atoms with E-state index in [-0.39, 0.29) is 23.4 Å². The van der Waals surface area contributed by atoms with Crippen molar-refractivity contribution in [2.45, 2.75) is 26.1 Å². The van der Waals surface area contributed by atoms with E-state index in [2.05, 4.69) is 10.00 Å². The van der Waals surface area contributed by atoms with Crippen LogP contribution < -0.4 is 0 Å². The molecule has 1 fully saturated rings. The number of hydrogen-bond acceptors (Lipinski definition) is 5. The minimum Gasteiger partial charge on any atom is -0.303 e. The Morgan fingerprint density at radius 2 is 2.12 bits per heavy atom. The SMILES string of the molecule is CCN(Cn1nc(-c2ccccc2F)n(C)c1=S)[C@@H]1CCS(=O)(=O)C1. The van der Waals surface area contributed by atoms with Crippen molar-refractivity contribution in [1.82, 2.24) is 19.2 Å². The first-order valence-electron chi connectivity index (χ1n) is 8.15. The summed E-state index contributed by atoms with van der Waals surface area (Å²) in [4.78, 5) is 2.05. The van der Waals surface area contributed by atoms with Gasteiger partial charge in [-0.2, -0.15) is 5.10 Å². The van der Waals surface area contributed by atoms with Crippen molar-refractivity contribution in [3.05, 3.63) is 34.9 Å². The van der Waals surface area contributed by atoms with Gasteiger partial charge in [0.25, 0.3) is 0 Å².